The molecule has 0 saturated carbocycles. The Hall–Kier alpha value is -2.38. The van der Waals surface area contributed by atoms with Crippen LogP contribution in [0.1, 0.15) is 51.0 Å². The van der Waals surface area contributed by atoms with Gasteiger partial charge in [-0.25, -0.2) is 4.79 Å². The summed E-state index contributed by atoms with van der Waals surface area (Å²) in [6.07, 6.45) is -0.529. The molecule has 0 saturated heterocycles. The minimum absolute atomic E-state index is 0.313. The zero-order chi connectivity index (χ0) is 17.4. The average molecular weight is 321 g/mol. The van der Waals surface area contributed by atoms with Crippen molar-refractivity contribution >= 4 is 6.09 Å². The minimum atomic E-state index is -0.562. The predicted octanol–water partition coefficient (Wildman–Crippen LogP) is 2.67. The molecule has 0 aliphatic rings. The van der Waals surface area contributed by atoms with Crippen LogP contribution in [0.25, 0.3) is 11.4 Å². The van der Waals surface area contributed by atoms with E-state index in [9.17, 15) is 4.79 Å². The molecule has 1 N–H and O–H groups in total. The first kappa shape index (κ1) is 17.0. The summed E-state index contributed by atoms with van der Waals surface area (Å²) in [5.74, 6) is 0.773. The fraction of sp³-hybridized carbons (Fsp3) is 0.600. The van der Waals surface area contributed by atoms with Crippen LogP contribution in [-0.2, 0) is 11.8 Å². The van der Waals surface area contributed by atoms with E-state index in [1.165, 1.54) is 0 Å². The Bertz CT molecular complexity index is 711. The second-order valence-electron chi connectivity index (χ2n) is 6.49. The molecule has 8 nitrogen and oxygen atoms in total. The Kier molecular flexibility index (Phi) is 4.44. The van der Waals surface area contributed by atoms with E-state index in [-0.39, 0.29) is 0 Å². The van der Waals surface area contributed by atoms with Crippen LogP contribution in [0.15, 0.2) is 4.52 Å². The van der Waals surface area contributed by atoms with Gasteiger partial charge in [0.15, 0.2) is 0 Å². The smallest absolute Gasteiger partial charge is 0.408 e. The fourth-order valence-electron chi connectivity index (χ4n) is 2.16. The van der Waals surface area contributed by atoms with Crippen molar-refractivity contribution in [1.82, 2.24) is 25.2 Å². The Morgan fingerprint density at radius 1 is 1.35 bits per heavy atom. The topological polar surface area (TPSA) is 95.1 Å². The molecular formula is C15H23N5O3. The molecule has 0 spiro atoms. The van der Waals surface area contributed by atoms with E-state index in [1.54, 1.807) is 32.4 Å². The summed E-state index contributed by atoms with van der Waals surface area (Å²) in [5, 5.41) is 11.0. The molecule has 0 aromatic carbocycles. The van der Waals surface area contributed by atoms with Gasteiger partial charge in [-0.2, -0.15) is 10.1 Å². The van der Waals surface area contributed by atoms with Crippen molar-refractivity contribution < 1.29 is 14.1 Å². The van der Waals surface area contributed by atoms with E-state index in [2.05, 4.69) is 20.6 Å². The lowest BCUT2D eigenvalue weighted by Gasteiger charge is -2.20. The molecule has 0 unspecified atom stereocenters. The first-order valence-corrected chi connectivity index (χ1v) is 7.42. The van der Waals surface area contributed by atoms with E-state index >= 15 is 0 Å². The number of alkyl carbamates (subject to hydrolysis) is 1. The highest BCUT2D eigenvalue weighted by molar-refractivity contribution is 5.68. The van der Waals surface area contributed by atoms with Gasteiger partial charge in [-0.15, -0.1) is 0 Å². The van der Waals surface area contributed by atoms with Crippen LogP contribution in [0.3, 0.4) is 0 Å². The van der Waals surface area contributed by atoms with Gasteiger partial charge in [-0.1, -0.05) is 5.16 Å². The lowest BCUT2D eigenvalue weighted by molar-refractivity contribution is 0.0499. The van der Waals surface area contributed by atoms with Crippen molar-refractivity contribution in [3.63, 3.8) is 0 Å². The zero-order valence-electron chi connectivity index (χ0n) is 14.6. The lowest BCUT2D eigenvalue weighted by atomic mass is 10.2. The number of rotatable bonds is 3. The van der Waals surface area contributed by atoms with Gasteiger partial charge < -0.3 is 14.6 Å². The maximum atomic E-state index is 11.8. The molecule has 2 aromatic heterocycles. The summed E-state index contributed by atoms with van der Waals surface area (Å²) in [7, 11) is 1.86. The van der Waals surface area contributed by atoms with Crippen LogP contribution < -0.4 is 5.32 Å². The van der Waals surface area contributed by atoms with Gasteiger partial charge in [0.25, 0.3) is 0 Å². The van der Waals surface area contributed by atoms with Crippen molar-refractivity contribution in [3.8, 4) is 11.4 Å². The maximum absolute atomic E-state index is 11.8. The standard InChI is InChI=1S/C15H23N5O3/c1-8-11(10(3)20(7)18-8)12-17-13(23-19-12)9(2)16-14(21)22-15(4,5)6/h9H,1-7H3,(H,16,21)/t9-/m1/s1. The number of carbonyl (C=O) groups excluding carboxylic acids is 1. The van der Waals surface area contributed by atoms with Crippen molar-refractivity contribution in [2.45, 2.75) is 53.2 Å². The van der Waals surface area contributed by atoms with Gasteiger partial charge in [0, 0.05) is 12.7 Å². The van der Waals surface area contributed by atoms with Gasteiger partial charge >= 0.3 is 6.09 Å². The van der Waals surface area contributed by atoms with E-state index in [1.807, 2.05) is 20.9 Å². The molecule has 2 aromatic rings. The highest BCUT2D eigenvalue weighted by Gasteiger charge is 2.23. The predicted molar refractivity (Wildman–Crippen MR) is 83.8 cm³/mol. The molecule has 23 heavy (non-hydrogen) atoms. The Morgan fingerprint density at radius 3 is 2.52 bits per heavy atom. The largest absolute Gasteiger partial charge is 0.444 e. The lowest BCUT2D eigenvalue weighted by Crippen LogP contribution is -2.34. The van der Waals surface area contributed by atoms with Gasteiger partial charge in [0.05, 0.1) is 11.3 Å². The molecule has 8 heteroatoms. The van der Waals surface area contributed by atoms with Crippen LogP contribution in [0.5, 0.6) is 0 Å². The third-order valence-electron chi connectivity index (χ3n) is 3.28. The molecule has 0 aliphatic carbocycles. The minimum Gasteiger partial charge on any atom is -0.444 e. The van der Waals surface area contributed by atoms with Crippen LogP contribution in [0.4, 0.5) is 4.79 Å². The summed E-state index contributed by atoms with van der Waals surface area (Å²) < 4.78 is 12.2. The monoisotopic (exact) mass is 321 g/mol. The van der Waals surface area contributed by atoms with E-state index in [0.29, 0.717) is 11.7 Å². The van der Waals surface area contributed by atoms with Gasteiger partial charge in [-0.05, 0) is 41.5 Å². The number of hydrogen-bond acceptors (Lipinski definition) is 6. The molecule has 1 atom stereocenters. The molecule has 1 amide bonds. The van der Waals surface area contributed by atoms with Gasteiger partial charge in [0.1, 0.15) is 11.6 Å². The Balaban J connectivity index is 2.14. The number of carbonyl (C=O) groups is 1. The third-order valence-corrected chi connectivity index (χ3v) is 3.28. The second-order valence-corrected chi connectivity index (χ2v) is 6.49. The first-order chi connectivity index (χ1) is 10.6. The molecule has 0 aliphatic heterocycles. The highest BCUT2D eigenvalue weighted by Crippen LogP contribution is 2.25. The van der Waals surface area contributed by atoms with Crippen molar-refractivity contribution in [2.24, 2.45) is 7.05 Å². The third kappa shape index (κ3) is 3.88. The zero-order valence-corrected chi connectivity index (χ0v) is 14.6. The van der Waals surface area contributed by atoms with E-state index < -0.39 is 17.7 Å². The number of ether oxygens (including phenoxy) is 1. The molecule has 2 rings (SSSR count). The van der Waals surface area contributed by atoms with Crippen molar-refractivity contribution in [3.05, 3.63) is 17.3 Å². The van der Waals surface area contributed by atoms with Gasteiger partial charge in [0.2, 0.25) is 11.7 Å². The Morgan fingerprint density at radius 2 is 2.00 bits per heavy atom. The summed E-state index contributed by atoms with van der Waals surface area (Å²) in [5.41, 5.74) is 2.05. The number of hydrogen-bond donors (Lipinski definition) is 1. The summed E-state index contributed by atoms with van der Waals surface area (Å²) in [6, 6.07) is -0.455. The second kappa shape index (κ2) is 6.02. The molecule has 0 fully saturated rings. The number of aromatic nitrogens is 4. The van der Waals surface area contributed by atoms with Crippen LogP contribution >= 0.6 is 0 Å². The number of amides is 1. The van der Waals surface area contributed by atoms with Crippen LogP contribution in [-0.4, -0.2) is 31.6 Å². The van der Waals surface area contributed by atoms with Crippen LogP contribution in [0, 0.1) is 13.8 Å². The Labute approximate surface area is 135 Å². The molecule has 126 valence electrons. The quantitative estimate of drug-likeness (QED) is 0.934. The van der Waals surface area contributed by atoms with Crippen molar-refractivity contribution in [2.75, 3.05) is 0 Å². The highest BCUT2D eigenvalue weighted by atomic mass is 16.6. The molecule has 2 heterocycles. The SMILES string of the molecule is Cc1nn(C)c(C)c1-c1noc([C@@H](C)NC(=O)OC(C)(C)C)n1. The summed E-state index contributed by atoms with van der Waals surface area (Å²) >= 11 is 0. The van der Waals surface area contributed by atoms with Gasteiger partial charge in [-0.3, -0.25) is 4.68 Å². The molecular weight excluding hydrogens is 298 g/mol. The first-order valence-electron chi connectivity index (χ1n) is 7.42. The fourth-order valence-corrected chi connectivity index (χ4v) is 2.16. The maximum Gasteiger partial charge on any atom is 0.408 e. The van der Waals surface area contributed by atoms with E-state index in [4.69, 9.17) is 9.26 Å². The molecule has 0 bridgehead atoms. The number of aryl methyl sites for hydroxylation is 2. The van der Waals surface area contributed by atoms with Crippen LogP contribution in [0.2, 0.25) is 0 Å². The molecule has 0 radical (unpaired) electrons. The van der Waals surface area contributed by atoms with Crippen molar-refractivity contribution in [1.29, 1.82) is 0 Å². The summed E-state index contributed by atoms with van der Waals surface area (Å²) in [6.45, 7) is 11.0. The number of nitrogens with one attached hydrogen (secondary N) is 1. The summed E-state index contributed by atoms with van der Waals surface area (Å²) in [4.78, 5) is 16.2. The average Bonchev–Trinajstić information content (AvgIpc) is 2.93. The van der Waals surface area contributed by atoms with E-state index in [0.717, 1.165) is 17.0 Å². The number of nitrogens with zero attached hydrogens (tertiary/aromatic N) is 4. The normalized spacial score (nSPS) is 13.0.